The molecule has 0 aromatic heterocycles. The Kier molecular flexibility index (Phi) is 3.92. The van der Waals surface area contributed by atoms with Crippen molar-refractivity contribution >= 4 is 17.7 Å². The molecule has 1 fully saturated rings. The molecule has 17 heavy (non-hydrogen) atoms. The Hall–Kier alpha value is -1.19. The van der Waals surface area contributed by atoms with Crippen molar-refractivity contribution in [1.29, 1.82) is 0 Å². The molecule has 0 saturated carbocycles. The third-order valence-corrected chi connectivity index (χ3v) is 2.74. The highest BCUT2D eigenvalue weighted by molar-refractivity contribution is 6.32. The molecule has 1 heterocycles. The number of epoxide rings is 1. The van der Waals surface area contributed by atoms with Crippen molar-refractivity contribution < 1.29 is 14.2 Å². The molecule has 0 bridgehead atoms. The lowest BCUT2D eigenvalue weighted by molar-refractivity contribution is 0.245. The maximum absolute atomic E-state index is 6.09. The summed E-state index contributed by atoms with van der Waals surface area (Å²) in [5, 5.41) is 0.607. The van der Waals surface area contributed by atoms with E-state index in [2.05, 4.69) is 6.58 Å². The maximum Gasteiger partial charge on any atom is 0.162 e. The molecule has 1 aromatic rings. The van der Waals surface area contributed by atoms with Crippen LogP contribution in [-0.4, -0.2) is 25.9 Å². The molecule has 3 nitrogen and oxygen atoms in total. The van der Waals surface area contributed by atoms with Crippen LogP contribution in [0.4, 0.5) is 0 Å². The lowest BCUT2D eigenvalue weighted by atomic mass is 10.2. The summed E-state index contributed by atoms with van der Waals surface area (Å²) < 4.78 is 16.2. The molecule has 1 aliphatic rings. The van der Waals surface area contributed by atoms with Crippen LogP contribution >= 0.6 is 11.6 Å². The van der Waals surface area contributed by atoms with E-state index >= 15 is 0 Å². The quantitative estimate of drug-likeness (QED) is 0.731. The summed E-state index contributed by atoms with van der Waals surface area (Å²) >= 11 is 6.09. The minimum atomic E-state index is 0.210. The monoisotopic (exact) mass is 254 g/mol. The Balaban J connectivity index is 2.19. The van der Waals surface area contributed by atoms with Gasteiger partial charge < -0.3 is 14.2 Å². The van der Waals surface area contributed by atoms with Gasteiger partial charge in [0.2, 0.25) is 0 Å². The van der Waals surface area contributed by atoms with E-state index in [-0.39, 0.29) is 6.10 Å². The Bertz CT molecular complexity index is 413. The first-order valence-electron chi connectivity index (χ1n) is 5.57. The van der Waals surface area contributed by atoms with Crippen LogP contribution < -0.4 is 9.47 Å². The van der Waals surface area contributed by atoms with Gasteiger partial charge in [0.25, 0.3) is 0 Å². The van der Waals surface area contributed by atoms with Gasteiger partial charge in [-0.2, -0.15) is 0 Å². The standard InChI is InChI=1S/C13H15ClO3/c1-3-9-5-12(15-4-2)13(6-11(9)14)17-8-10-7-16-10/h3,5-6,10H,1,4,7-8H2,2H3. The summed E-state index contributed by atoms with van der Waals surface area (Å²) in [5.41, 5.74) is 0.838. The molecule has 0 radical (unpaired) electrons. The number of hydrogen-bond acceptors (Lipinski definition) is 3. The van der Waals surface area contributed by atoms with Gasteiger partial charge in [0.15, 0.2) is 11.5 Å². The zero-order valence-electron chi connectivity index (χ0n) is 9.74. The first kappa shape index (κ1) is 12.3. The third-order valence-electron chi connectivity index (χ3n) is 2.41. The number of ether oxygens (including phenoxy) is 3. The van der Waals surface area contributed by atoms with Crippen LogP contribution in [0.5, 0.6) is 11.5 Å². The molecular formula is C13H15ClO3. The van der Waals surface area contributed by atoms with Gasteiger partial charge in [-0.25, -0.2) is 0 Å². The summed E-state index contributed by atoms with van der Waals surface area (Å²) in [6.45, 7) is 7.51. The van der Waals surface area contributed by atoms with Gasteiger partial charge in [-0.3, -0.25) is 0 Å². The topological polar surface area (TPSA) is 31.0 Å². The van der Waals surface area contributed by atoms with Crippen molar-refractivity contribution in [2.45, 2.75) is 13.0 Å². The predicted octanol–water partition coefficient (Wildman–Crippen LogP) is 3.16. The van der Waals surface area contributed by atoms with E-state index < -0.39 is 0 Å². The Morgan fingerprint density at radius 1 is 1.47 bits per heavy atom. The highest BCUT2D eigenvalue weighted by Gasteiger charge is 2.24. The molecule has 0 aliphatic carbocycles. The first-order valence-corrected chi connectivity index (χ1v) is 5.95. The Morgan fingerprint density at radius 2 is 2.18 bits per heavy atom. The molecule has 4 heteroatoms. The Morgan fingerprint density at radius 3 is 2.76 bits per heavy atom. The van der Waals surface area contributed by atoms with E-state index in [9.17, 15) is 0 Å². The van der Waals surface area contributed by atoms with E-state index in [1.54, 1.807) is 12.1 Å². The SMILES string of the molecule is C=Cc1cc(OCC)c(OCC2CO2)cc1Cl. The van der Waals surface area contributed by atoms with Crippen molar-refractivity contribution in [3.8, 4) is 11.5 Å². The van der Waals surface area contributed by atoms with Crippen LogP contribution in [-0.2, 0) is 4.74 Å². The van der Waals surface area contributed by atoms with Crippen LogP contribution in [0.2, 0.25) is 5.02 Å². The fourth-order valence-electron chi connectivity index (χ4n) is 1.44. The van der Waals surface area contributed by atoms with Gasteiger partial charge in [0.1, 0.15) is 12.7 Å². The largest absolute Gasteiger partial charge is 0.490 e. The van der Waals surface area contributed by atoms with Gasteiger partial charge in [0.05, 0.1) is 18.2 Å². The summed E-state index contributed by atoms with van der Waals surface area (Å²) in [5.74, 6) is 1.34. The van der Waals surface area contributed by atoms with Crippen molar-refractivity contribution in [3.63, 3.8) is 0 Å². The molecule has 0 spiro atoms. The van der Waals surface area contributed by atoms with Gasteiger partial charge in [-0.15, -0.1) is 0 Å². The first-order chi connectivity index (χ1) is 8.24. The number of halogens is 1. The molecule has 1 unspecified atom stereocenters. The second kappa shape index (κ2) is 5.43. The summed E-state index contributed by atoms with van der Waals surface area (Å²) in [6.07, 6.45) is 1.90. The van der Waals surface area contributed by atoms with Crippen LogP contribution in [0.1, 0.15) is 12.5 Å². The van der Waals surface area contributed by atoms with E-state index in [1.165, 1.54) is 0 Å². The van der Waals surface area contributed by atoms with Crippen molar-refractivity contribution in [3.05, 3.63) is 29.3 Å². The van der Waals surface area contributed by atoms with E-state index in [4.69, 9.17) is 25.8 Å². The van der Waals surface area contributed by atoms with Crippen molar-refractivity contribution in [1.82, 2.24) is 0 Å². The number of hydrogen-bond donors (Lipinski definition) is 0. The van der Waals surface area contributed by atoms with E-state index in [1.807, 2.05) is 13.0 Å². The summed E-state index contributed by atoms with van der Waals surface area (Å²) in [6, 6.07) is 3.59. The van der Waals surface area contributed by atoms with Gasteiger partial charge in [0, 0.05) is 6.07 Å². The smallest absolute Gasteiger partial charge is 0.162 e. The highest BCUT2D eigenvalue weighted by Crippen LogP contribution is 2.34. The Labute approximate surface area is 106 Å². The van der Waals surface area contributed by atoms with Crippen LogP contribution in [0, 0.1) is 0 Å². The van der Waals surface area contributed by atoms with Crippen LogP contribution in [0.3, 0.4) is 0 Å². The molecule has 2 rings (SSSR count). The minimum Gasteiger partial charge on any atom is -0.490 e. The molecule has 0 N–H and O–H groups in total. The zero-order valence-corrected chi connectivity index (χ0v) is 10.5. The lowest BCUT2D eigenvalue weighted by Crippen LogP contribution is -2.06. The fraction of sp³-hybridized carbons (Fsp3) is 0.385. The van der Waals surface area contributed by atoms with Gasteiger partial charge in [-0.1, -0.05) is 24.3 Å². The zero-order chi connectivity index (χ0) is 12.3. The van der Waals surface area contributed by atoms with Crippen molar-refractivity contribution in [2.75, 3.05) is 19.8 Å². The molecule has 1 aliphatic heterocycles. The average molecular weight is 255 g/mol. The second-order valence-electron chi connectivity index (χ2n) is 3.72. The fourth-order valence-corrected chi connectivity index (χ4v) is 1.67. The van der Waals surface area contributed by atoms with E-state index in [0.717, 1.165) is 12.2 Å². The molecule has 1 atom stereocenters. The van der Waals surface area contributed by atoms with Crippen molar-refractivity contribution in [2.24, 2.45) is 0 Å². The molecule has 0 amide bonds. The maximum atomic E-state index is 6.09. The molecule has 92 valence electrons. The van der Waals surface area contributed by atoms with Gasteiger partial charge >= 0.3 is 0 Å². The van der Waals surface area contributed by atoms with Gasteiger partial charge in [-0.05, 0) is 18.6 Å². The molecular weight excluding hydrogens is 240 g/mol. The summed E-state index contributed by atoms with van der Waals surface area (Å²) in [7, 11) is 0. The van der Waals surface area contributed by atoms with Crippen LogP contribution in [0.25, 0.3) is 6.08 Å². The molecule has 1 saturated heterocycles. The molecule has 1 aromatic carbocycles. The average Bonchev–Trinajstić information content (AvgIpc) is 3.13. The highest BCUT2D eigenvalue weighted by atomic mass is 35.5. The third kappa shape index (κ3) is 3.14. The normalized spacial score (nSPS) is 17.6. The number of rotatable bonds is 6. The lowest BCUT2D eigenvalue weighted by Gasteiger charge is -2.13. The van der Waals surface area contributed by atoms with Crippen LogP contribution in [0.15, 0.2) is 18.7 Å². The predicted molar refractivity (Wildman–Crippen MR) is 67.9 cm³/mol. The minimum absolute atomic E-state index is 0.210. The second-order valence-corrected chi connectivity index (χ2v) is 4.13. The summed E-state index contributed by atoms with van der Waals surface area (Å²) in [4.78, 5) is 0. The van der Waals surface area contributed by atoms with E-state index in [0.29, 0.717) is 29.7 Å². The number of benzene rings is 1.